The van der Waals surface area contributed by atoms with Gasteiger partial charge in [-0.05, 0) is 20.4 Å². The highest BCUT2D eigenvalue weighted by Crippen LogP contribution is 2.13. The van der Waals surface area contributed by atoms with Crippen LogP contribution in [0.25, 0.3) is 0 Å². The zero-order valence-electron chi connectivity index (χ0n) is 14.5. The van der Waals surface area contributed by atoms with Crippen molar-refractivity contribution in [2.75, 3.05) is 50.8 Å². The first-order valence-corrected chi connectivity index (χ1v) is 8.29. The fraction of sp³-hybridized carbons (Fsp3) is 0.625. The minimum atomic E-state index is -0.463. The molecule has 2 heterocycles. The van der Waals surface area contributed by atoms with E-state index in [1.54, 1.807) is 13.8 Å². The molecule has 1 N–H and O–H groups in total. The van der Waals surface area contributed by atoms with Crippen molar-refractivity contribution in [3.8, 4) is 0 Å². The number of aryl methyl sites for hydroxylation is 1. The number of rotatable bonds is 6. The predicted octanol–water partition coefficient (Wildman–Crippen LogP) is 0.220. The van der Waals surface area contributed by atoms with Gasteiger partial charge in [-0.1, -0.05) is 6.92 Å². The van der Waals surface area contributed by atoms with E-state index >= 15 is 0 Å². The molecule has 24 heavy (non-hydrogen) atoms. The highest BCUT2D eigenvalue weighted by atomic mass is 16.5. The molecule has 1 aromatic rings. The number of aromatic nitrogens is 2. The van der Waals surface area contributed by atoms with Crippen LogP contribution in [0, 0.1) is 6.92 Å². The molecule has 0 atom stereocenters. The summed E-state index contributed by atoms with van der Waals surface area (Å²) in [4.78, 5) is 36.7. The van der Waals surface area contributed by atoms with E-state index in [1.165, 1.54) is 6.20 Å². The Labute approximate surface area is 142 Å². The van der Waals surface area contributed by atoms with E-state index in [4.69, 9.17) is 4.74 Å². The van der Waals surface area contributed by atoms with Crippen molar-refractivity contribution in [1.29, 1.82) is 0 Å². The maximum absolute atomic E-state index is 12.1. The molecule has 1 saturated heterocycles. The van der Waals surface area contributed by atoms with Gasteiger partial charge < -0.3 is 19.9 Å². The van der Waals surface area contributed by atoms with Gasteiger partial charge in [0.15, 0.2) is 0 Å². The number of carbonyl (C=O) groups excluding carboxylic acids is 2. The van der Waals surface area contributed by atoms with Crippen LogP contribution in [0.15, 0.2) is 6.20 Å². The van der Waals surface area contributed by atoms with Crippen molar-refractivity contribution >= 4 is 17.8 Å². The summed E-state index contributed by atoms with van der Waals surface area (Å²) in [5, 5.41) is 2.52. The Morgan fingerprint density at radius 3 is 2.54 bits per heavy atom. The summed E-state index contributed by atoms with van der Waals surface area (Å²) >= 11 is 0. The zero-order valence-corrected chi connectivity index (χ0v) is 14.5. The molecule has 0 aliphatic carbocycles. The first-order chi connectivity index (χ1) is 11.5. The second-order valence-corrected chi connectivity index (χ2v) is 5.58. The Hall–Kier alpha value is -2.22. The fourth-order valence-electron chi connectivity index (χ4n) is 2.55. The number of carbonyl (C=O) groups is 2. The highest BCUT2D eigenvalue weighted by molar-refractivity contribution is 5.96. The number of hydrogen-bond acceptors (Lipinski definition) is 7. The van der Waals surface area contributed by atoms with Gasteiger partial charge in [-0.25, -0.2) is 9.97 Å². The highest BCUT2D eigenvalue weighted by Gasteiger charge is 2.20. The van der Waals surface area contributed by atoms with Gasteiger partial charge in [-0.15, -0.1) is 0 Å². The minimum Gasteiger partial charge on any atom is -0.465 e. The number of piperazine rings is 1. The summed E-state index contributed by atoms with van der Waals surface area (Å²) in [5.74, 6) is -0.192. The van der Waals surface area contributed by atoms with E-state index in [1.807, 2.05) is 0 Å². The molecule has 0 unspecified atom stereocenters. The average Bonchev–Trinajstić information content (AvgIpc) is 2.60. The molecule has 8 nitrogen and oxygen atoms in total. The van der Waals surface area contributed by atoms with Gasteiger partial charge in [0.25, 0.3) is 5.91 Å². The second-order valence-electron chi connectivity index (χ2n) is 5.58. The van der Waals surface area contributed by atoms with Crippen LogP contribution in [-0.2, 0) is 9.53 Å². The third-order valence-corrected chi connectivity index (χ3v) is 4.01. The maximum Gasteiger partial charge on any atom is 0.325 e. The van der Waals surface area contributed by atoms with E-state index in [0.29, 0.717) is 17.2 Å². The van der Waals surface area contributed by atoms with Crippen LogP contribution in [0.5, 0.6) is 0 Å². The van der Waals surface area contributed by atoms with Crippen LogP contribution < -0.4 is 10.2 Å². The molecule has 0 spiro atoms. The van der Waals surface area contributed by atoms with Crippen molar-refractivity contribution in [2.24, 2.45) is 0 Å². The van der Waals surface area contributed by atoms with Crippen LogP contribution in [0.2, 0.25) is 0 Å². The van der Waals surface area contributed by atoms with E-state index in [2.05, 4.69) is 32.0 Å². The van der Waals surface area contributed by atoms with E-state index < -0.39 is 5.97 Å². The van der Waals surface area contributed by atoms with Crippen molar-refractivity contribution < 1.29 is 14.3 Å². The van der Waals surface area contributed by atoms with Crippen molar-refractivity contribution in [2.45, 2.75) is 20.8 Å². The Kier molecular flexibility index (Phi) is 6.48. The lowest BCUT2D eigenvalue weighted by atomic mass is 10.2. The van der Waals surface area contributed by atoms with Gasteiger partial charge in [-0.2, -0.15) is 0 Å². The molecule has 0 aromatic carbocycles. The summed E-state index contributed by atoms with van der Waals surface area (Å²) in [6, 6.07) is 0. The number of anilines is 1. The number of ether oxygens (including phenoxy) is 1. The van der Waals surface area contributed by atoms with Crippen LogP contribution in [0.3, 0.4) is 0 Å². The van der Waals surface area contributed by atoms with E-state index in [-0.39, 0.29) is 19.1 Å². The lowest BCUT2D eigenvalue weighted by Crippen LogP contribution is -2.46. The van der Waals surface area contributed by atoms with E-state index in [0.717, 1.165) is 32.7 Å². The van der Waals surface area contributed by atoms with Gasteiger partial charge in [0.1, 0.15) is 6.54 Å². The topological polar surface area (TPSA) is 87.7 Å². The number of nitrogens with one attached hydrogen (secondary N) is 1. The Bertz CT molecular complexity index is 585. The summed E-state index contributed by atoms with van der Waals surface area (Å²) in [7, 11) is 0. The summed E-state index contributed by atoms with van der Waals surface area (Å²) in [6.07, 6.45) is 1.52. The fourth-order valence-corrected chi connectivity index (χ4v) is 2.55. The van der Waals surface area contributed by atoms with Crippen molar-refractivity contribution in [1.82, 2.24) is 20.2 Å². The number of hydrogen-bond donors (Lipinski definition) is 1. The Balaban J connectivity index is 1.96. The molecule has 8 heteroatoms. The largest absolute Gasteiger partial charge is 0.465 e. The van der Waals surface area contributed by atoms with Crippen LogP contribution in [0.1, 0.15) is 29.9 Å². The second kappa shape index (κ2) is 8.58. The number of nitrogens with zero attached hydrogens (tertiary/aromatic N) is 4. The average molecular weight is 335 g/mol. The van der Waals surface area contributed by atoms with Gasteiger partial charge >= 0.3 is 5.97 Å². The van der Waals surface area contributed by atoms with Gasteiger partial charge in [0.2, 0.25) is 5.95 Å². The molecule has 132 valence electrons. The number of amides is 1. The van der Waals surface area contributed by atoms with Crippen LogP contribution >= 0.6 is 0 Å². The molecule has 1 amide bonds. The number of likely N-dealkylation sites (N-methyl/N-ethyl adjacent to an activating group) is 1. The van der Waals surface area contributed by atoms with Crippen LogP contribution in [-0.4, -0.2) is 72.6 Å². The molecule has 1 aliphatic rings. The molecule has 2 rings (SSSR count). The molecule has 1 aliphatic heterocycles. The van der Waals surface area contributed by atoms with Gasteiger partial charge in [0, 0.05) is 32.4 Å². The first kappa shape index (κ1) is 18.1. The van der Waals surface area contributed by atoms with E-state index in [9.17, 15) is 9.59 Å². The SMILES string of the molecule is CCOC(=O)CNC(=O)c1cnc(N2CCN(CC)CC2)nc1C. The Morgan fingerprint density at radius 1 is 1.25 bits per heavy atom. The Morgan fingerprint density at radius 2 is 1.96 bits per heavy atom. The van der Waals surface area contributed by atoms with Gasteiger partial charge in [0.05, 0.1) is 17.9 Å². The molecule has 1 fully saturated rings. The summed E-state index contributed by atoms with van der Waals surface area (Å²) < 4.78 is 4.78. The lowest BCUT2D eigenvalue weighted by Gasteiger charge is -2.34. The quantitative estimate of drug-likeness (QED) is 0.744. The summed E-state index contributed by atoms with van der Waals surface area (Å²) in [5.41, 5.74) is 0.967. The first-order valence-electron chi connectivity index (χ1n) is 8.29. The smallest absolute Gasteiger partial charge is 0.325 e. The molecule has 0 saturated carbocycles. The normalized spacial score (nSPS) is 15.2. The predicted molar refractivity (Wildman–Crippen MR) is 90.1 cm³/mol. The standard InChI is InChI=1S/C16H25N5O3/c1-4-20-6-8-21(9-7-20)16-18-10-13(12(3)19-16)15(23)17-11-14(22)24-5-2/h10H,4-9,11H2,1-3H3,(H,17,23). The van der Waals surface area contributed by atoms with Crippen molar-refractivity contribution in [3.63, 3.8) is 0 Å². The molecule has 0 radical (unpaired) electrons. The monoisotopic (exact) mass is 335 g/mol. The minimum absolute atomic E-state index is 0.160. The zero-order chi connectivity index (χ0) is 17.5. The van der Waals surface area contributed by atoms with Gasteiger partial charge in [-0.3, -0.25) is 9.59 Å². The summed E-state index contributed by atoms with van der Waals surface area (Å²) in [6.45, 7) is 10.5. The third kappa shape index (κ3) is 4.64. The molecule has 0 bridgehead atoms. The molecular weight excluding hydrogens is 310 g/mol. The maximum atomic E-state index is 12.1. The lowest BCUT2D eigenvalue weighted by molar-refractivity contribution is -0.141. The molecular formula is C16H25N5O3. The van der Waals surface area contributed by atoms with Crippen molar-refractivity contribution in [3.05, 3.63) is 17.5 Å². The third-order valence-electron chi connectivity index (χ3n) is 4.01. The molecule has 1 aromatic heterocycles. The van der Waals surface area contributed by atoms with Crippen LogP contribution in [0.4, 0.5) is 5.95 Å². The number of esters is 1.